The molecule has 0 aromatic carbocycles. The van der Waals surface area contributed by atoms with Crippen molar-refractivity contribution in [3.63, 3.8) is 0 Å². The van der Waals surface area contributed by atoms with E-state index in [0.29, 0.717) is 41.9 Å². The number of aliphatic hydroxyl groups excluding tert-OH is 2. The second-order valence-corrected chi connectivity index (χ2v) is 14.2. The number of amides is 1. The van der Waals surface area contributed by atoms with Gasteiger partial charge in [-0.2, -0.15) is 8.42 Å². The van der Waals surface area contributed by atoms with Crippen molar-refractivity contribution in [2.45, 2.75) is 97.2 Å². The molecule has 0 heterocycles. The van der Waals surface area contributed by atoms with Gasteiger partial charge in [0.15, 0.2) is 0 Å². The van der Waals surface area contributed by atoms with E-state index < -0.39 is 15.9 Å². The van der Waals surface area contributed by atoms with Gasteiger partial charge in [0.25, 0.3) is 10.1 Å². The summed E-state index contributed by atoms with van der Waals surface area (Å²) >= 11 is 0. The number of carbonyl (C=O) groups is 1. The topological polar surface area (TPSA) is 124 Å². The van der Waals surface area contributed by atoms with Crippen LogP contribution in [0, 0.1) is 46.3 Å². The van der Waals surface area contributed by atoms with Crippen LogP contribution >= 0.6 is 0 Å². The van der Waals surface area contributed by atoms with Crippen LogP contribution in [0.5, 0.6) is 0 Å². The van der Waals surface area contributed by atoms with E-state index in [2.05, 4.69) is 26.1 Å². The van der Waals surface area contributed by atoms with Gasteiger partial charge in [-0.25, -0.2) is 0 Å². The van der Waals surface area contributed by atoms with E-state index in [-0.39, 0.29) is 35.5 Å². The number of hydrogen-bond donors (Lipinski definition) is 4. The minimum Gasteiger partial charge on any atom is -0.393 e. The van der Waals surface area contributed by atoms with Crippen LogP contribution in [0.15, 0.2) is 0 Å². The predicted octanol–water partition coefficient (Wildman–Crippen LogP) is 3.40. The lowest BCUT2D eigenvalue weighted by atomic mass is 9.43. The quantitative estimate of drug-likeness (QED) is 0.398. The molecular formula is C26H45NO6S. The van der Waals surface area contributed by atoms with Gasteiger partial charge in [-0.1, -0.05) is 20.8 Å². The molecule has 0 radical (unpaired) electrons. The van der Waals surface area contributed by atoms with Gasteiger partial charge in [-0.3, -0.25) is 9.35 Å². The second-order valence-electron chi connectivity index (χ2n) is 12.6. The van der Waals surface area contributed by atoms with Gasteiger partial charge >= 0.3 is 0 Å². The maximum Gasteiger partial charge on any atom is 0.266 e. The van der Waals surface area contributed by atoms with Crippen LogP contribution in [-0.2, 0) is 14.9 Å². The van der Waals surface area contributed by atoms with E-state index in [9.17, 15) is 23.4 Å². The van der Waals surface area contributed by atoms with Gasteiger partial charge in [-0.15, -0.1) is 0 Å². The Bertz CT molecular complexity index is 863. The average Bonchev–Trinajstić information content (AvgIpc) is 3.09. The first-order valence-electron chi connectivity index (χ1n) is 13.4. The largest absolute Gasteiger partial charge is 0.393 e. The van der Waals surface area contributed by atoms with Crippen LogP contribution in [0.1, 0.15) is 85.0 Å². The molecule has 4 saturated carbocycles. The highest BCUT2D eigenvalue weighted by atomic mass is 32.2. The summed E-state index contributed by atoms with van der Waals surface area (Å²) < 4.78 is 30.5. The Hall–Kier alpha value is -0.700. The first kappa shape index (κ1) is 26.4. The Kier molecular flexibility index (Phi) is 7.47. The predicted molar refractivity (Wildman–Crippen MR) is 130 cm³/mol. The van der Waals surface area contributed by atoms with Crippen LogP contribution in [0.4, 0.5) is 0 Å². The third-order valence-electron chi connectivity index (χ3n) is 10.9. The zero-order valence-electron chi connectivity index (χ0n) is 21.1. The Labute approximate surface area is 205 Å². The fourth-order valence-corrected chi connectivity index (χ4v) is 9.50. The highest BCUT2D eigenvalue weighted by Crippen LogP contribution is 2.68. The number of carbonyl (C=O) groups excluding carboxylic acids is 1. The van der Waals surface area contributed by atoms with Crippen molar-refractivity contribution in [3.8, 4) is 0 Å². The molecule has 10 atom stereocenters. The number of aliphatic hydroxyl groups is 2. The van der Waals surface area contributed by atoms with Gasteiger partial charge in [0.1, 0.15) is 0 Å². The van der Waals surface area contributed by atoms with Crippen LogP contribution in [0.2, 0.25) is 0 Å². The molecule has 4 N–H and O–H groups in total. The second kappa shape index (κ2) is 9.64. The third-order valence-corrected chi connectivity index (χ3v) is 11.6. The van der Waals surface area contributed by atoms with Gasteiger partial charge < -0.3 is 15.5 Å². The van der Waals surface area contributed by atoms with Gasteiger partial charge in [-0.05, 0) is 104 Å². The highest BCUT2D eigenvalue weighted by Gasteiger charge is 2.62. The van der Waals surface area contributed by atoms with Crippen molar-refractivity contribution in [1.82, 2.24) is 5.32 Å². The average molecular weight is 500 g/mol. The maximum atomic E-state index is 12.2. The van der Waals surface area contributed by atoms with E-state index in [0.717, 1.165) is 51.4 Å². The molecule has 0 aromatic rings. The molecule has 4 aliphatic carbocycles. The minimum atomic E-state index is -4.06. The van der Waals surface area contributed by atoms with Crippen molar-refractivity contribution in [2.75, 3.05) is 12.3 Å². The normalized spacial score (nSPS) is 45.1. The lowest BCUT2D eigenvalue weighted by Crippen LogP contribution is -2.58. The summed E-state index contributed by atoms with van der Waals surface area (Å²) in [5, 5.41) is 24.2. The van der Waals surface area contributed by atoms with E-state index in [1.807, 2.05) is 0 Å². The summed E-state index contributed by atoms with van der Waals surface area (Å²) in [6.07, 6.45) is 8.87. The van der Waals surface area contributed by atoms with E-state index in [1.165, 1.54) is 6.42 Å². The summed E-state index contributed by atoms with van der Waals surface area (Å²) in [4.78, 5) is 12.2. The van der Waals surface area contributed by atoms with Crippen LogP contribution in [-0.4, -0.2) is 53.6 Å². The molecule has 0 spiro atoms. The molecule has 0 aromatic heterocycles. The summed E-state index contributed by atoms with van der Waals surface area (Å²) in [6, 6.07) is 0. The lowest BCUT2D eigenvalue weighted by Gasteiger charge is -2.62. The molecule has 0 bridgehead atoms. The van der Waals surface area contributed by atoms with Crippen LogP contribution in [0.3, 0.4) is 0 Å². The van der Waals surface area contributed by atoms with Crippen molar-refractivity contribution < 1.29 is 28.0 Å². The molecular weight excluding hydrogens is 454 g/mol. The molecule has 4 rings (SSSR count). The molecule has 7 nitrogen and oxygen atoms in total. The number of rotatable bonds is 7. The fraction of sp³-hybridized carbons (Fsp3) is 0.962. The van der Waals surface area contributed by atoms with Crippen molar-refractivity contribution in [2.24, 2.45) is 46.3 Å². The van der Waals surface area contributed by atoms with E-state index >= 15 is 0 Å². The smallest absolute Gasteiger partial charge is 0.266 e. The molecule has 0 unspecified atom stereocenters. The Morgan fingerprint density at radius 3 is 2.41 bits per heavy atom. The number of hydrogen-bond acceptors (Lipinski definition) is 5. The van der Waals surface area contributed by atoms with Gasteiger partial charge in [0, 0.05) is 13.0 Å². The summed E-state index contributed by atoms with van der Waals surface area (Å²) in [7, 11) is -4.06. The first-order chi connectivity index (χ1) is 15.8. The molecule has 0 aliphatic heterocycles. The monoisotopic (exact) mass is 499 g/mol. The Morgan fingerprint density at radius 1 is 1.03 bits per heavy atom. The van der Waals surface area contributed by atoms with Gasteiger partial charge in [0.2, 0.25) is 5.91 Å². The molecule has 196 valence electrons. The lowest BCUT2D eigenvalue weighted by molar-refractivity contribution is -0.174. The van der Waals surface area contributed by atoms with Crippen LogP contribution in [0.25, 0.3) is 0 Å². The maximum absolute atomic E-state index is 12.2. The summed E-state index contributed by atoms with van der Waals surface area (Å²) in [6.45, 7) is 7.05. The molecule has 34 heavy (non-hydrogen) atoms. The van der Waals surface area contributed by atoms with Crippen molar-refractivity contribution in [3.05, 3.63) is 0 Å². The molecule has 8 heteroatoms. The third kappa shape index (κ3) is 4.94. The molecule has 1 amide bonds. The molecule has 4 fully saturated rings. The zero-order valence-corrected chi connectivity index (χ0v) is 21.9. The van der Waals surface area contributed by atoms with Crippen LogP contribution < -0.4 is 5.32 Å². The minimum absolute atomic E-state index is 0.0625. The Balaban J connectivity index is 1.39. The fourth-order valence-electron chi connectivity index (χ4n) is 9.14. The SMILES string of the molecule is C[C@H](CCC(=O)NCCS(=O)(=O)O)[C@@H]1CC[C@@H]2[C@H]3[C@H](O)C[C@H]4C[C@@H](O)CC[C@@]4(C)[C@H]3CC[C@@]21C. The molecule has 4 aliphatic rings. The number of nitrogens with one attached hydrogen (secondary N) is 1. The summed E-state index contributed by atoms with van der Waals surface area (Å²) in [5.41, 5.74) is 0.411. The number of fused-ring (bicyclic) bond motifs is 5. The van der Waals surface area contributed by atoms with E-state index in [1.54, 1.807) is 0 Å². The molecule has 0 saturated heterocycles. The van der Waals surface area contributed by atoms with Gasteiger partial charge in [0.05, 0.1) is 18.0 Å². The Morgan fingerprint density at radius 2 is 1.71 bits per heavy atom. The summed E-state index contributed by atoms with van der Waals surface area (Å²) in [5.74, 6) is 2.10. The highest BCUT2D eigenvalue weighted by molar-refractivity contribution is 7.85. The van der Waals surface area contributed by atoms with Crippen molar-refractivity contribution >= 4 is 16.0 Å². The van der Waals surface area contributed by atoms with Crippen molar-refractivity contribution in [1.29, 1.82) is 0 Å². The zero-order chi connectivity index (χ0) is 24.9. The standard InChI is InChI=1S/C26H45NO6S/c1-16(4-7-23(30)27-12-13-34(31,32)33)19-5-6-20-24-21(9-11-26(19,20)3)25(2)10-8-18(28)14-17(25)15-22(24)29/h16-22,24,28-29H,4-15H2,1-3H3,(H,27,30)(H,31,32,33)/t16-,17-,18+,19+,20-,21+,22-,24-,25-,26-/m1/s1. The van der Waals surface area contributed by atoms with E-state index in [4.69, 9.17) is 4.55 Å². The first-order valence-corrected chi connectivity index (χ1v) is 15.0.